The molecule has 0 saturated carbocycles. The number of carbonyl (C=O) groups excluding carboxylic acids is 2. The number of amides is 2. The molecule has 0 fully saturated rings. The van der Waals surface area contributed by atoms with Gasteiger partial charge in [-0.2, -0.15) is 0 Å². The van der Waals surface area contributed by atoms with Gasteiger partial charge in [-0.15, -0.1) is 0 Å². The van der Waals surface area contributed by atoms with Gasteiger partial charge in [0.05, 0.1) is 32.0 Å². The molecule has 8 heteroatoms. The minimum atomic E-state index is -0.680. The van der Waals surface area contributed by atoms with Crippen LogP contribution in [0.4, 0.5) is 11.4 Å². The van der Waals surface area contributed by atoms with Crippen molar-refractivity contribution in [1.82, 2.24) is 5.32 Å². The molecule has 2 aromatic carbocycles. The zero-order valence-electron chi connectivity index (χ0n) is 16.1. The van der Waals surface area contributed by atoms with Gasteiger partial charge < -0.3 is 29.7 Å². The maximum absolute atomic E-state index is 12.7. The summed E-state index contributed by atoms with van der Waals surface area (Å²) in [6, 6.07) is 12.7. The Labute approximate surface area is 168 Å². The normalized spacial score (nSPS) is 17.4. The zero-order chi connectivity index (χ0) is 20.2. The van der Waals surface area contributed by atoms with Gasteiger partial charge in [0, 0.05) is 25.2 Å². The molecule has 8 nitrogen and oxygen atoms in total. The first-order valence-corrected chi connectivity index (χ1v) is 9.56. The van der Waals surface area contributed by atoms with Gasteiger partial charge in [0.1, 0.15) is 5.75 Å². The SMILES string of the molecule is CNC(=O)[C@@H]1CN(CC(=O)Nc2ccc3c(c2)OCCCO3)c2ccccc2O1. The summed E-state index contributed by atoms with van der Waals surface area (Å²) in [6.07, 6.45) is 0.139. The molecule has 152 valence electrons. The van der Waals surface area contributed by atoms with Crippen LogP contribution in [0.15, 0.2) is 42.5 Å². The summed E-state index contributed by atoms with van der Waals surface area (Å²) >= 11 is 0. The monoisotopic (exact) mass is 397 g/mol. The number of para-hydroxylation sites is 2. The molecule has 0 bridgehead atoms. The van der Waals surface area contributed by atoms with E-state index in [1.807, 2.05) is 23.1 Å². The standard InChI is InChI=1S/C21H23N3O5/c1-22-21(26)19-12-24(15-5-2-3-6-16(15)29-19)13-20(25)23-14-7-8-17-18(11-14)28-10-4-9-27-17/h2-3,5-8,11,19H,4,9-10,12-13H2,1H3,(H,22,26)(H,23,25)/t19-/m0/s1. The predicted molar refractivity (Wildman–Crippen MR) is 108 cm³/mol. The van der Waals surface area contributed by atoms with Crippen LogP contribution in [0.1, 0.15) is 6.42 Å². The van der Waals surface area contributed by atoms with Crippen LogP contribution in [0.5, 0.6) is 17.2 Å². The van der Waals surface area contributed by atoms with Gasteiger partial charge in [-0.3, -0.25) is 9.59 Å². The number of hydrogen-bond acceptors (Lipinski definition) is 6. The third kappa shape index (κ3) is 4.21. The number of fused-ring (bicyclic) bond motifs is 2. The van der Waals surface area contributed by atoms with Crippen molar-refractivity contribution in [3.05, 3.63) is 42.5 Å². The lowest BCUT2D eigenvalue weighted by Gasteiger charge is -2.35. The highest BCUT2D eigenvalue weighted by molar-refractivity contribution is 5.95. The number of carbonyl (C=O) groups is 2. The van der Waals surface area contributed by atoms with Gasteiger partial charge in [0.25, 0.3) is 5.91 Å². The Morgan fingerprint density at radius 2 is 1.86 bits per heavy atom. The van der Waals surface area contributed by atoms with Crippen molar-refractivity contribution in [3.8, 4) is 17.2 Å². The van der Waals surface area contributed by atoms with Crippen molar-refractivity contribution >= 4 is 23.2 Å². The van der Waals surface area contributed by atoms with E-state index in [1.54, 1.807) is 31.3 Å². The number of hydrogen-bond donors (Lipinski definition) is 2. The number of nitrogens with zero attached hydrogens (tertiary/aromatic N) is 1. The molecule has 2 aliphatic heterocycles. The number of nitrogens with one attached hydrogen (secondary N) is 2. The Morgan fingerprint density at radius 3 is 2.69 bits per heavy atom. The van der Waals surface area contributed by atoms with Crippen LogP contribution < -0.4 is 29.7 Å². The van der Waals surface area contributed by atoms with Crippen molar-refractivity contribution in [2.45, 2.75) is 12.5 Å². The third-order valence-electron chi connectivity index (χ3n) is 4.77. The molecule has 0 aromatic heterocycles. The first-order valence-electron chi connectivity index (χ1n) is 9.56. The van der Waals surface area contributed by atoms with Gasteiger partial charge in [-0.05, 0) is 24.3 Å². The number of ether oxygens (including phenoxy) is 3. The second-order valence-electron chi connectivity index (χ2n) is 6.83. The number of likely N-dealkylation sites (N-methyl/N-ethyl adjacent to an activating group) is 1. The Morgan fingerprint density at radius 1 is 1.07 bits per heavy atom. The van der Waals surface area contributed by atoms with Crippen LogP contribution in [0.25, 0.3) is 0 Å². The highest BCUT2D eigenvalue weighted by atomic mass is 16.5. The lowest BCUT2D eigenvalue weighted by Crippen LogP contribution is -2.50. The molecule has 29 heavy (non-hydrogen) atoms. The van der Waals surface area contributed by atoms with Crippen LogP contribution in [0, 0.1) is 0 Å². The average molecular weight is 397 g/mol. The highest BCUT2D eigenvalue weighted by Gasteiger charge is 2.31. The summed E-state index contributed by atoms with van der Waals surface area (Å²) in [7, 11) is 1.56. The maximum atomic E-state index is 12.7. The van der Waals surface area contributed by atoms with Crippen molar-refractivity contribution in [2.75, 3.05) is 43.6 Å². The smallest absolute Gasteiger partial charge is 0.262 e. The molecule has 0 unspecified atom stereocenters. The molecule has 2 N–H and O–H groups in total. The van der Waals surface area contributed by atoms with Crippen LogP contribution >= 0.6 is 0 Å². The fourth-order valence-corrected chi connectivity index (χ4v) is 3.37. The predicted octanol–water partition coefficient (Wildman–Crippen LogP) is 1.80. The topological polar surface area (TPSA) is 89.1 Å². The molecule has 0 saturated heterocycles. The van der Waals surface area contributed by atoms with E-state index < -0.39 is 6.10 Å². The van der Waals surface area contributed by atoms with Crippen LogP contribution in [0.3, 0.4) is 0 Å². The number of rotatable bonds is 4. The van der Waals surface area contributed by atoms with Crippen LogP contribution in [-0.2, 0) is 9.59 Å². The minimum Gasteiger partial charge on any atom is -0.490 e. The fraction of sp³-hybridized carbons (Fsp3) is 0.333. The van der Waals surface area contributed by atoms with E-state index in [1.165, 1.54) is 0 Å². The highest BCUT2D eigenvalue weighted by Crippen LogP contribution is 2.34. The second kappa shape index (κ2) is 8.30. The summed E-state index contributed by atoms with van der Waals surface area (Å²) in [6.45, 7) is 1.56. The van der Waals surface area contributed by atoms with E-state index in [9.17, 15) is 9.59 Å². The summed E-state index contributed by atoms with van der Waals surface area (Å²) in [5.41, 5.74) is 1.41. The zero-order valence-corrected chi connectivity index (χ0v) is 16.1. The third-order valence-corrected chi connectivity index (χ3v) is 4.77. The van der Waals surface area contributed by atoms with E-state index in [0.717, 1.165) is 12.1 Å². The summed E-state index contributed by atoms with van der Waals surface area (Å²) in [4.78, 5) is 26.6. The van der Waals surface area contributed by atoms with Gasteiger partial charge in [-0.25, -0.2) is 0 Å². The molecule has 2 heterocycles. The van der Waals surface area contributed by atoms with Crippen molar-refractivity contribution in [3.63, 3.8) is 0 Å². The van der Waals surface area contributed by atoms with Gasteiger partial charge in [0.2, 0.25) is 5.91 Å². The molecule has 0 aliphatic carbocycles. The molecule has 2 aromatic rings. The molecule has 1 atom stereocenters. The van der Waals surface area contributed by atoms with Gasteiger partial charge in [0.15, 0.2) is 17.6 Å². The largest absolute Gasteiger partial charge is 0.490 e. The molecule has 2 aliphatic rings. The Bertz CT molecular complexity index is 917. The Hall–Kier alpha value is -3.42. The number of benzene rings is 2. The molecule has 2 amide bonds. The second-order valence-corrected chi connectivity index (χ2v) is 6.83. The molecule has 4 rings (SSSR count). The molecule has 0 spiro atoms. The van der Waals surface area contributed by atoms with E-state index in [0.29, 0.717) is 36.1 Å². The van der Waals surface area contributed by atoms with E-state index in [4.69, 9.17) is 14.2 Å². The first kappa shape index (κ1) is 18.9. The molecule has 0 radical (unpaired) electrons. The van der Waals surface area contributed by atoms with E-state index >= 15 is 0 Å². The van der Waals surface area contributed by atoms with Crippen molar-refractivity contribution in [1.29, 1.82) is 0 Å². The van der Waals surface area contributed by atoms with Gasteiger partial charge in [-0.1, -0.05) is 12.1 Å². The van der Waals surface area contributed by atoms with E-state index in [2.05, 4.69) is 10.6 Å². The van der Waals surface area contributed by atoms with E-state index in [-0.39, 0.29) is 24.9 Å². The van der Waals surface area contributed by atoms with Gasteiger partial charge >= 0.3 is 0 Å². The number of anilines is 2. The Kier molecular flexibility index (Phi) is 5.41. The Balaban J connectivity index is 1.47. The lowest BCUT2D eigenvalue weighted by atomic mass is 10.1. The first-order chi connectivity index (χ1) is 14.1. The van der Waals surface area contributed by atoms with Crippen molar-refractivity contribution < 1.29 is 23.8 Å². The fourth-order valence-electron chi connectivity index (χ4n) is 3.37. The molecular weight excluding hydrogens is 374 g/mol. The average Bonchev–Trinajstić information content (AvgIpc) is 2.98. The van der Waals surface area contributed by atoms with Crippen molar-refractivity contribution in [2.24, 2.45) is 0 Å². The summed E-state index contributed by atoms with van der Waals surface area (Å²) < 4.78 is 17.1. The van der Waals surface area contributed by atoms with Crippen LogP contribution in [0.2, 0.25) is 0 Å². The quantitative estimate of drug-likeness (QED) is 0.818. The maximum Gasteiger partial charge on any atom is 0.262 e. The molecular formula is C21H23N3O5. The van der Waals surface area contributed by atoms with Crippen LogP contribution in [-0.4, -0.2) is 51.3 Å². The summed E-state index contributed by atoms with van der Waals surface area (Å²) in [5.74, 6) is 1.45. The lowest BCUT2D eigenvalue weighted by molar-refractivity contribution is -0.127. The summed E-state index contributed by atoms with van der Waals surface area (Å²) in [5, 5.41) is 5.49. The minimum absolute atomic E-state index is 0.0856.